The molecule has 3 N–H and O–H groups in total. The maximum absolute atomic E-state index is 12.2. The summed E-state index contributed by atoms with van der Waals surface area (Å²) in [7, 11) is 1.75. The lowest BCUT2D eigenvalue weighted by molar-refractivity contribution is -0.119. The van der Waals surface area contributed by atoms with Crippen molar-refractivity contribution in [3.05, 3.63) is 34.9 Å². The SMILES string of the molecule is CN=C(NCCNC(=O)c1ccccc1Cl)N1CCCC2(CNC(=O)C2)C1. The van der Waals surface area contributed by atoms with E-state index in [1.54, 1.807) is 31.3 Å². The molecule has 2 aliphatic rings. The number of carbonyl (C=O) groups excluding carboxylic acids is 2. The molecule has 146 valence electrons. The molecule has 2 aliphatic heterocycles. The Labute approximate surface area is 164 Å². The number of halogens is 1. The number of guanidine groups is 1. The van der Waals surface area contributed by atoms with Crippen molar-refractivity contribution in [3.8, 4) is 0 Å². The lowest BCUT2D eigenvalue weighted by Gasteiger charge is -2.40. The summed E-state index contributed by atoms with van der Waals surface area (Å²) in [6.45, 7) is 3.50. The molecule has 0 aromatic heterocycles. The molecule has 0 aliphatic carbocycles. The Kier molecular flexibility index (Phi) is 6.21. The highest BCUT2D eigenvalue weighted by atomic mass is 35.5. The van der Waals surface area contributed by atoms with Crippen molar-refractivity contribution in [2.75, 3.05) is 39.8 Å². The van der Waals surface area contributed by atoms with Crippen molar-refractivity contribution in [2.24, 2.45) is 10.4 Å². The number of hydrogen-bond donors (Lipinski definition) is 3. The maximum Gasteiger partial charge on any atom is 0.252 e. The Hall–Kier alpha value is -2.28. The molecule has 0 saturated carbocycles. The highest BCUT2D eigenvalue weighted by Crippen LogP contribution is 2.35. The van der Waals surface area contributed by atoms with Gasteiger partial charge in [-0.1, -0.05) is 23.7 Å². The van der Waals surface area contributed by atoms with Gasteiger partial charge in [0.2, 0.25) is 5.91 Å². The van der Waals surface area contributed by atoms with E-state index in [0.29, 0.717) is 30.1 Å². The lowest BCUT2D eigenvalue weighted by atomic mass is 9.79. The van der Waals surface area contributed by atoms with Gasteiger partial charge in [0.15, 0.2) is 5.96 Å². The van der Waals surface area contributed by atoms with Gasteiger partial charge in [0.1, 0.15) is 0 Å². The highest BCUT2D eigenvalue weighted by molar-refractivity contribution is 6.33. The van der Waals surface area contributed by atoms with Crippen molar-refractivity contribution in [1.29, 1.82) is 0 Å². The topological polar surface area (TPSA) is 85.8 Å². The smallest absolute Gasteiger partial charge is 0.252 e. The third-order valence-corrected chi connectivity index (χ3v) is 5.51. The molecular weight excluding hydrogens is 366 g/mol. The average Bonchev–Trinajstić information content (AvgIpc) is 3.01. The van der Waals surface area contributed by atoms with Crippen LogP contribution in [0.25, 0.3) is 0 Å². The predicted molar refractivity (Wildman–Crippen MR) is 106 cm³/mol. The van der Waals surface area contributed by atoms with Crippen LogP contribution >= 0.6 is 11.6 Å². The van der Waals surface area contributed by atoms with Gasteiger partial charge in [0.05, 0.1) is 10.6 Å². The van der Waals surface area contributed by atoms with Gasteiger partial charge in [-0.05, 0) is 25.0 Å². The zero-order chi connectivity index (χ0) is 19.3. The van der Waals surface area contributed by atoms with Gasteiger partial charge in [-0.2, -0.15) is 0 Å². The van der Waals surface area contributed by atoms with Crippen LogP contribution in [0.2, 0.25) is 5.02 Å². The van der Waals surface area contributed by atoms with Gasteiger partial charge in [-0.15, -0.1) is 0 Å². The molecule has 1 unspecified atom stereocenters. The van der Waals surface area contributed by atoms with Crippen molar-refractivity contribution in [1.82, 2.24) is 20.9 Å². The molecule has 7 nitrogen and oxygen atoms in total. The molecular formula is C19H26ClN5O2. The maximum atomic E-state index is 12.2. The Balaban J connectivity index is 1.47. The summed E-state index contributed by atoms with van der Waals surface area (Å²) in [5.41, 5.74) is 0.491. The number of rotatable bonds is 4. The van der Waals surface area contributed by atoms with Crippen molar-refractivity contribution in [2.45, 2.75) is 19.3 Å². The van der Waals surface area contributed by atoms with E-state index in [0.717, 1.165) is 38.4 Å². The molecule has 1 atom stereocenters. The van der Waals surface area contributed by atoms with Crippen LogP contribution in [-0.2, 0) is 4.79 Å². The lowest BCUT2D eigenvalue weighted by Crippen LogP contribution is -2.52. The van der Waals surface area contributed by atoms with E-state index in [9.17, 15) is 9.59 Å². The van der Waals surface area contributed by atoms with E-state index in [4.69, 9.17) is 11.6 Å². The van der Waals surface area contributed by atoms with Crippen LogP contribution in [0.4, 0.5) is 0 Å². The summed E-state index contributed by atoms with van der Waals surface area (Å²) in [6.07, 6.45) is 2.69. The first-order valence-electron chi connectivity index (χ1n) is 9.28. The van der Waals surface area contributed by atoms with E-state index >= 15 is 0 Å². The number of nitrogens with zero attached hydrogens (tertiary/aromatic N) is 2. The fraction of sp³-hybridized carbons (Fsp3) is 0.526. The summed E-state index contributed by atoms with van der Waals surface area (Å²) in [6, 6.07) is 6.98. The van der Waals surface area contributed by atoms with Gasteiger partial charge in [0, 0.05) is 51.6 Å². The average molecular weight is 392 g/mol. The molecule has 2 saturated heterocycles. The molecule has 0 radical (unpaired) electrons. The third kappa shape index (κ3) is 4.71. The molecule has 0 bridgehead atoms. The van der Waals surface area contributed by atoms with Crippen LogP contribution in [0.5, 0.6) is 0 Å². The van der Waals surface area contributed by atoms with Gasteiger partial charge < -0.3 is 20.9 Å². The molecule has 1 aromatic rings. The zero-order valence-corrected chi connectivity index (χ0v) is 16.3. The zero-order valence-electron chi connectivity index (χ0n) is 15.6. The van der Waals surface area contributed by atoms with E-state index < -0.39 is 0 Å². The van der Waals surface area contributed by atoms with Crippen molar-refractivity contribution < 1.29 is 9.59 Å². The van der Waals surface area contributed by atoms with Crippen molar-refractivity contribution >= 4 is 29.4 Å². The minimum absolute atomic E-state index is 0.0191. The minimum Gasteiger partial charge on any atom is -0.355 e. The fourth-order valence-corrected chi connectivity index (χ4v) is 4.07. The van der Waals surface area contributed by atoms with Crippen LogP contribution in [-0.4, -0.2) is 62.4 Å². The van der Waals surface area contributed by atoms with E-state index in [1.807, 2.05) is 0 Å². The molecule has 1 spiro atoms. The fourth-order valence-electron chi connectivity index (χ4n) is 3.85. The number of hydrogen-bond acceptors (Lipinski definition) is 3. The number of likely N-dealkylation sites (tertiary alicyclic amines) is 1. The monoisotopic (exact) mass is 391 g/mol. The largest absolute Gasteiger partial charge is 0.355 e. The Bertz CT molecular complexity index is 739. The number of aliphatic imine (C=N–C) groups is 1. The minimum atomic E-state index is -0.190. The van der Waals surface area contributed by atoms with Crippen LogP contribution in [0.3, 0.4) is 0 Å². The predicted octanol–water partition coefficient (Wildman–Crippen LogP) is 1.25. The van der Waals surface area contributed by atoms with Gasteiger partial charge in [0.25, 0.3) is 5.91 Å². The van der Waals surface area contributed by atoms with Crippen molar-refractivity contribution in [3.63, 3.8) is 0 Å². The van der Waals surface area contributed by atoms with Crippen LogP contribution < -0.4 is 16.0 Å². The first-order chi connectivity index (χ1) is 13.0. The summed E-state index contributed by atoms with van der Waals surface area (Å²) in [4.78, 5) is 30.4. The Morgan fingerprint density at radius 1 is 1.33 bits per heavy atom. The standard InChI is InChI=1S/C19H26ClN5O2/c1-21-18(25-10-4-7-19(13-25)11-16(26)24-12-19)23-9-8-22-17(27)14-5-2-3-6-15(14)20/h2-3,5-6H,4,7-13H2,1H3,(H,21,23)(H,22,27)(H,24,26). The molecule has 3 rings (SSSR count). The van der Waals surface area contributed by atoms with Gasteiger partial charge in [-0.3, -0.25) is 14.6 Å². The summed E-state index contributed by atoms with van der Waals surface area (Å²) >= 11 is 6.04. The molecule has 2 amide bonds. The molecule has 1 aromatic carbocycles. The second-order valence-corrected chi connectivity index (χ2v) is 7.60. The number of piperidine rings is 1. The summed E-state index contributed by atoms with van der Waals surface area (Å²) in [5.74, 6) is 0.757. The molecule has 2 heterocycles. The summed E-state index contributed by atoms with van der Waals surface area (Å²) in [5, 5.41) is 9.56. The number of benzene rings is 1. The quantitative estimate of drug-likeness (QED) is 0.409. The normalized spacial score (nSPS) is 22.7. The molecule has 8 heteroatoms. The van der Waals surface area contributed by atoms with Crippen LogP contribution in [0.15, 0.2) is 29.3 Å². The summed E-state index contributed by atoms with van der Waals surface area (Å²) < 4.78 is 0. The third-order valence-electron chi connectivity index (χ3n) is 5.18. The van der Waals surface area contributed by atoms with E-state index in [2.05, 4.69) is 25.8 Å². The second-order valence-electron chi connectivity index (χ2n) is 7.19. The van der Waals surface area contributed by atoms with E-state index in [1.165, 1.54) is 0 Å². The first kappa shape index (κ1) is 19.5. The van der Waals surface area contributed by atoms with Crippen LogP contribution in [0, 0.1) is 5.41 Å². The Morgan fingerprint density at radius 2 is 2.11 bits per heavy atom. The van der Waals surface area contributed by atoms with E-state index in [-0.39, 0.29) is 17.2 Å². The first-order valence-corrected chi connectivity index (χ1v) is 9.66. The Morgan fingerprint density at radius 3 is 2.81 bits per heavy atom. The number of carbonyl (C=O) groups is 2. The number of amides is 2. The highest BCUT2D eigenvalue weighted by Gasteiger charge is 2.42. The molecule has 2 fully saturated rings. The van der Waals surface area contributed by atoms with Crippen LogP contribution in [0.1, 0.15) is 29.6 Å². The number of nitrogens with one attached hydrogen (secondary N) is 3. The second kappa shape index (κ2) is 8.61. The van der Waals surface area contributed by atoms with Gasteiger partial charge >= 0.3 is 0 Å². The van der Waals surface area contributed by atoms with Gasteiger partial charge in [-0.25, -0.2) is 0 Å². The molecule has 27 heavy (non-hydrogen) atoms.